The molecule has 0 spiro atoms. The largest absolute Gasteiger partial charge is 0.356 e. The number of nitrogens with one attached hydrogen (secondary N) is 1. The third-order valence-electron chi connectivity index (χ3n) is 2.14. The average molecular weight is 271 g/mol. The van der Waals surface area contributed by atoms with E-state index in [1.807, 2.05) is 83.2 Å². The normalized spacial score (nSPS) is 9.75. The monoisotopic (exact) mass is 271 g/mol. The van der Waals surface area contributed by atoms with Crippen molar-refractivity contribution in [3.8, 4) is 0 Å². The van der Waals surface area contributed by atoms with E-state index in [-0.39, 0.29) is 0 Å². The van der Waals surface area contributed by atoms with Gasteiger partial charge in [0.1, 0.15) is 0 Å². The fourth-order valence-electron chi connectivity index (χ4n) is 1.27. The van der Waals surface area contributed by atoms with Crippen LogP contribution in [0.4, 0.5) is 0 Å². The number of hydrogen-bond acceptors (Lipinski definition) is 1. The van der Waals surface area contributed by atoms with Gasteiger partial charge >= 0.3 is 0 Å². The molecule has 0 amide bonds. The minimum absolute atomic E-state index is 0.891. The first-order chi connectivity index (χ1) is 9.77. The molecule has 1 aromatic carbocycles. The molecule has 0 fully saturated rings. The molecule has 20 heavy (non-hydrogen) atoms. The Labute approximate surface area is 125 Å². The predicted molar refractivity (Wildman–Crippen MR) is 94.4 cm³/mol. The van der Waals surface area contributed by atoms with Crippen LogP contribution in [0, 0.1) is 0 Å². The van der Waals surface area contributed by atoms with Gasteiger partial charge in [-0.15, -0.1) is 0 Å². The smallest absolute Gasteiger partial charge is 0.0384 e. The number of allylic oxidation sites excluding steroid dienone is 4. The molecule has 0 unspecified atom stereocenters. The maximum atomic E-state index is 4.01. The average Bonchev–Trinajstić information content (AvgIpc) is 2.55. The number of benzene rings is 1. The molecular formula is C19H29N. The minimum Gasteiger partial charge on any atom is -0.356 e. The second-order valence-corrected chi connectivity index (χ2v) is 3.31. The quantitative estimate of drug-likeness (QED) is 0.653. The fourth-order valence-corrected chi connectivity index (χ4v) is 1.27. The van der Waals surface area contributed by atoms with Gasteiger partial charge in [0.25, 0.3) is 0 Å². The molecule has 1 heteroatoms. The highest BCUT2D eigenvalue weighted by Gasteiger charge is 1.97. The van der Waals surface area contributed by atoms with Gasteiger partial charge in [0.05, 0.1) is 0 Å². The summed E-state index contributed by atoms with van der Waals surface area (Å²) < 4.78 is 0. The Hall–Kier alpha value is -2.02. The molecule has 0 heterocycles. The topological polar surface area (TPSA) is 12.0 Å². The van der Waals surface area contributed by atoms with Crippen molar-refractivity contribution in [3.05, 3.63) is 79.1 Å². The molecule has 0 aliphatic heterocycles. The molecule has 0 saturated carbocycles. The number of hydrogen-bond donors (Lipinski definition) is 1. The van der Waals surface area contributed by atoms with E-state index in [1.165, 1.54) is 0 Å². The molecule has 0 aliphatic carbocycles. The van der Waals surface area contributed by atoms with Crippen LogP contribution >= 0.6 is 0 Å². The van der Waals surface area contributed by atoms with E-state index in [2.05, 4.69) is 18.5 Å². The van der Waals surface area contributed by atoms with Crippen molar-refractivity contribution >= 4 is 5.70 Å². The summed E-state index contributed by atoms with van der Waals surface area (Å²) >= 11 is 0. The Bertz CT molecular complexity index is 411. The third-order valence-corrected chi connectivity index (χ3v) is 2.14. The van der Waals surface area contributed by atoms with Crippen LogP contribution in [-0.4, -0.2) is 0 Å². The van der Waals surface area contributed by atoms with Crippen LogP contribution < -0.4 is 5.32 Å². The van der Waals surface area contributed by atoms with Crippen LogP contribution in [0.5, 0.6) is 0 Å². The van der Waals surface area contributed by atoms with Gasteiger partial charge in [0, 0.05) is 11.4 Å². The molecule has 1 aromatic rings. The third kappa shape index (κ3) is 8.98. The Morgan fingerprint density at radius 3 is 2.05 bits per heavy atom. The van der Waals surface area contributed by atoms with Gasteiger partial charge in [-0.2, -0.15) is 0 Å². The van der Waals surface area contributed by atoms with Gasteiger partial charge in [0.2, 0.25) is 0 Å². The van der Waals surface area contributed by atoms with E-state index in [0.29, 0.717) is 0 Å². The van der Waals surface area contributed by atoms with Crippen molar-refractivity contribution in [2.45, 2.75) is 34.6 Å². The fraction of sp³-hybridized carbons (Fsp3) is 0.263. The highest BCUT2D eigenvalue weighted by molar-refractivity contribution is 5.63. The van der Waals surface area contributed by atoms with Crippen molar-refractivity contribution in [1.82, 2.24) is 5.32 Å². The summed E-state index contributed by atoms with van der Waals surface area (Å²) in [5.74, 6) is 0. The Kier molecular flexibility index (Phi) is 15.3. The van der Waals surface area contributed by atoms with Crippen LogP contribution in [-0.2, 0) is 0 Å². The van der Waals surface area contributed by atoms with Crippen molar-refractivity contribution < 1.29 is 0 Å². The van der Waals surface area contributed by atoms with Crippen LogP contribution in [0.25, 0.3) is 5.70 Å². The molecule has 0 saturated heterocycles. The van der Waals surface area contributed by atoms with Crippen LogP contribution in [0.2, 0.25) is 0 Å². The molecule has 0 radical (unpaired) electrons. The van der Waals surface area contributed by atoms with Crippen LogP contribution in [0.15, 0.2) is 73.5 Å². The van der Waals surface area contributed by atoms with E-state index in [4.69, 9.17) is 0 Å². The van der Waals surface area contributed by atoms with E-state index in [0.717, 1.165) is 17.0 Å². The first-order valence-electron chi connectivity index (χ1n) is 7.24. The van der Waals surface area contributed by atoms with Crippen molar-refractivity contribution in [1.29, 1.82) is 0 Å². The molecule has 1 N–H and O–H groups in total. The zero-order valence-corrected chi connectivity index (χ0v) is 13.6. The zero-order chi connectivity index (χ0) is 15.8. The second-order valence-electron chi connectivity index (χ2n) is 3.31. The molecule has 110 valence electrons. The minimum atomic E-state index is 0.891. The second kappa shape index (κ2) is 15.0. The van der Waals surface area contributed by atoms with Crippen LogP contribution in [0.1, 0.15) is 40.2 Å². The summed E-state index contributed by atoms with van der Waals surface area (Å²) in [5.41, 5.74) is 2.99. The van der Waals surface area contributed by atoms with E-state index < -0.39 is 0 Å². The van der Waals surface area contributed by atoms with Gasteiger partial charge in [-0.25, -0.2) is 0 Å². The van der Waals surface area contributed by atoms with Crippen molar-refractivity contribution in [3.63, 3.8) is 0 Å². The summed E-state index contributed by atoms with van der Waals surface area (Å²) in [5, 5.41) is 3.25. The molecule has 1 rings (SSSR count). The van der Waals surface area contributed by atoms with Gasteiger partial charge in [-0.1, -0.05) is 89.4 Å². The maximum absolute atomic E-state index is 4.01. The molecule has 1 nitrogen and oxygen atoms in total. The lowest BCUT2D eigenvalue weighted by Gasteiger charge is -2.10. The van der Waals surface area contributed by atoms with Gasteiger partial charge in [0.15, 0.2) is 0 Å². The van der Waals surface area contributed by atoms with E-state index in [1.54, 1.807) is 6.08 Å². The summed E-state index contributed by atoms with van der Waals surface area (Å²) in [4.78, 5) is 0. The summed E-state index contributed by atoms with van der Waals surface area (Å²) in [6.07, 6.45) is 7.59. The molecule has 0 bridgehead atoms. The first-order valence-corrected chi connectivity index (χ1v) is 7.24. The van der Waals surface area contributed by atoms with Crippen molar-refractivity contribution in [2.24, 2.45) is 0 Å². The standard InChI is InChI=1S/C15H17N.2C2H6/c1-4-6-12-15(5-2)16-13(3)14-10-8-7-9-11-14;2*1-2/h4-12,16H,1,3H2,2H3;2*1-2H3/b12-6-,15-5+;;. The summed E-state index contributed by atoms with van der Waals surface area (Å²) in [7, 11) is 0. The van der Waals surface area contributed by atoms with Crippen LogP contribution in [0.3, 0.4) is 0 Å². The van der Waals surface area contributed by atoms with Crippen molar-refractivity contribution in [2.75, 3.05) is 0 Å². The SMILES string of the molecule is C=C/C=C\C(=C/C)NC(=C)c1ccccc1.CC.CC. The predicted octanol–water partition coefficient (Wildman–Crippen LogP) is 5.95. The lowest BCUT2D eigenvalue weighted by Crippen LogP contribution is -2.08. The number of rotatable bonds is 5. The molecule has 0 aliphatic rings. The lowest BCUT2D eigenvalue weighted by molar-refractivity contribution is 1.13. The Morgan fingerprint density at radius 2 is 1.60 bits per heavy atom. The summed E-state index contributed by atoms with van der Waals surface area (Å²) in [6.45, 7) is 17.6. The molecule has 0 atom stereocenters. The van der Waals surface area contributed by atoms with Gasteiger partial charge in [-0.3, -0.25) is 0 Å². The van der Waals surface area contributed by atoms with Gasteiger partial charge < -0.3 is 5.32 Å². The maximum Gasteiger partial charge on any atom is 0.0384 e. The zero-order valence-electron chi connectivity index (χ0n) is 13.6. The van der Waals surface area contributed by atoms with E-state index in [9.17, 15) is 0 Å². The lowest BCUT2D eigenvalue weighted by atomic mass is 10.1. The highest BCUT2D eigenvalue weighted by Crippen LogP contribution is 2.10. The highest BCUT2D eigenvalue weighted by atomic mass is 14.9. The van der Waals surface area contributed by atoms with E-state index >= 15 is 0 Å². The Balaban J connectivity index is 0. The molecule has 0 aromatic heterocycles. The van der Waals surface area contributed by atoms with Gasteiger partial charge in [-0.05, 0) is 18.6 Å². The summed E-state index contributed by atoms with van der Waals surface area (Å²) in [6, 6.07) is 10.0. The Morgan fingerprint density at radius 1 is 1.05 bits per heavy atom. The molecular weight excluding hydrogens is 242 g/mol. The first kappa shape index (κ1) is 20.3.